The molecule has 0 spiro atoms. The summed E-state index contributed by atoms with van der Waals surface area (Å²) in [4.78, 5) is 12.3. The van der Waals surface area contributed by atoms with Crippen LogP contribution < -0.4 is 9.47 Å². The predicted octanol–water partition coefficient (Wildman–Crippen LogP) is 6.17. The molecule has 5 heteroatoms. The van der Waals surface area contributed by atoms with Gasteiger partial charge in [0.15, 0.2) is 17.3 Å². The van der Waals surface area contributed by atoms with E-state index in [9.17, 15) is 9.18 Å². The van der Waals surface area contributed by atoms with Crippen LogP contribution in [0.25, 0.3) is 0 Å². The summed E-state index contributed by atoms with van der Waals surface area (Å²) in [5.74, 6) is 0.269. The van der Waals surface area contributed by atoms with Crippen molar-refractivity contribution in [3.63, 3.8) is 0 Å². The Morgan fingerprint density at radius 1 is 1.08 bits per heavy atom. The van der Waals surface area contributed by atoms with Gasteiger partial charge in [0.1, 0.15) is 5.02 Å². The van der Waals surface area contributed by atoms with Gasteiger partial charge in [-0.25, -0.2) is 4.39 Å². The second-order valence-electron chi connectivity index (χ2n) is 7.88. The van der Waals surface area contributed by atoms with E-state index in [0.717, 1.165) is 38.5 Å². The summed E-state index contributed by atoms with van der Waals surface area (Å²) < 4.78 is 25.5. The second kappa shape index (κ2) is 9.07. The van der Waals surface area contributed by atoms with Gasteiger partial charge in [-0.05, 0) is 62.5 Å². The number of hydrogen-bond donors (Lipinski definition) is 0. The van der Waals surface area contributed by atoms with Crippen LogP contribution in [0.5, 0.6) is 11.5 Å². The molecule has 0 radical (unpaired) electrons. The average Bonchev–Trinajstić information content (AvgIpc) is 2.66. The summed E-state index contributed by atoms with van der Waals surface area (Å²) in [5, 5.41) is -0.177. The highest BCUT2D eigenvalue weighted by molar-refractivity contribution is 6.32. The molecule has 0 heterocycles. The topological polar surface area (TPSA) is 35.5 Å². The molecule has 3 nitrogen and oxygen atoms in total. The molecule has 0 aliphatic heterocycles. The Hall–Kier alpha value is -1.29. The molecule has 0 aromatic heterocycles. The Balaban J connectivity index is 1.58. The first-order chi connectivity index (χ1) is 12.5. The lowest BCUT2D eigenvalue weighted by Crippen LogP contribution is -2.25. The number of carbonyl (C=O) groups excluding carboxylic acids is 1. The zero-order valence-electron chi connectivity index (χ0n) is 15.4. The number of halogens is 2. The molecule has 26 heavy (non-hydrogen) atoms. The van der Waals surface area contributed by atoms with Gasteiger partial charge >= 0.3 is 5.97 Å². The van der Waals surface area contributed by atoms with Gasteiger partial charge in [0, 0.05) is 0 Å². The fourth-order valence-corrected chi connectivity index (χ4v) is 4.15. The number of rotatable bonds is 5. The second-order valence-corrected chi connectivity index (χ2v) is 8.26. The van der Waals surface area contributed by atoms with E-state index >= 15 is 0 Å². The van der Waals surface area contributed by atoms with Crippen LogP contribution in [0, 0.1) is 23.6 Å². The lowest BCUT2D eigenvalue weighted by Gasteiger charge is -2.24. The van der Waals surface area contributed by atoms with Crippen LogP contribution >= 0.6 is 11.6 Å². The normalized spacial score (nSPS) is 24.3. The molecule has 2 fully saturated rings. The Bertz CT molecular complexity index is 620. The number of benzene rings is 1. The standard InChI is InChI=1S/C21H28ClFO3/c1-14-7-9-16(10-8-14)21(24)26-17-11-12-18(20(23)19(17)22)25-13-15-5-3-2-4-6-15/h11-12,14-16H,2-10,13H2,1H3. The van der Waals surface area contributed by atoms with Crippen LogP contribution in [0.15, 0.2) is 12.1 Å². The van der Waals surface area contributed by atoms with Gasteiger partial charge in [-0.1, -0.05) is 37.8 Å². The van der Waals surface area contributed by atoms with Crippen LogP contribution in [0.3, 0.4) is 0 Å². The van der Waals surface area contributed by atoms with E-state index in [4.69, 9.17) is 21.1 Å². The highest BCUT2D eigenvalue weighted by Gasteiger charge is 2.27. The smallest absolute Gasteiger partial charge is 0.314 e. The SMILES string of the molecule is CC1CCC(C(=O)Oc2ccc(OCC3CCCCC3)c(F)c2Cl)CC1. The van der Waals surface area contributed by atoms with Crippen molar-refractivity contribution in [2.24, 2.45) is 17.8 Å². The molecule has 144 valence electrons. The summed E-state index contributed by atoms with van der Waals surface area (Å²) in [6.45, 7) is 2.70. The summed E-state index contributed by atoms with van der Waals surface area (Å²) in [7, 11) is 0. The van der Waals surface area contributed by atoms with Crippen molar-refractivity contribution in [3.05, 3.63) is 23.0 Å². The van der Waals surface area contributed by atoms with Crippen molar-refractivity contribution in [2.45, 2.75) is 64.7 Å². The number of carbonyl (C=O) groups is 1. The fraction of sp³-hybridized carbons (Fsp3) is 0.667. The Morgan fingerprint density at radius 3 is 2.42 bits per heavy atom. The maximum Gasteiger partial charge on any atom is 0.314 e. The van der Waals surface area contributed by atoms with E-state index in [-0.39, 0.29) is 28.4 Å². The van der Waals surface area contributed by atoms with Gasteiger partial charge in [-0.15, -0.1) is 0 Å². The van der Waals surface area contributed by atoms with Gasteiger partial charge in [0.2, 0.25) is 0 Å². The van der Waals surface area contributed by atoms with E-state index in [2.05, 4.69) is 6.92 Å². The van der Waals surface area contributed by atoms with E-state index in [1.807, 2.05) is 0 Å². The van der Waals surface area contributed by atoms with Gasteiger partial charge in [0.25, 0.3) is 0 Å². The maximum atomic E-state index is 14.5. The van der Waals surface area contributed by atoms with Crippen molar-refractivity contribution in [1.29, 1.82) is 0 Å². The summed E-state index contributed by atoms with van der Waals surface area (Å²) in [6, 6.07) is 3.04. The molecular formula is C21H28ClFO3. The monoisotopic (exact) mass is 382 g/mol. The minimum absolute atomic E-state index is 0.0813. The molecule has 0 unspecified atom stereocenters. The molecular weight excluding hydrogens is 355 g/mol. The third-order valence-electron chi connectivity index (χ3n) is 5.77. The number of ether oxygens (including phenoxy) is 2. The minimum atomic E-state index is -0.648. The largest absolute Gasteiger partial charge is 0.490 e. The Morgan fingerprint density at radius 2 is 1.73 bits per heavy atom. The molecule has 1 aromatic rings. The lowest BCUT2D eigenvalue weighted by atomic mass is 9.83. The highest BCUT2D eigenvalue weighted by atomic mass is 35.5. The summed E-state index contributed by atoms with van der Waals surface area (Å²) in [6.07, 6.45) is 9.65. The van der Waals surface area contributed by atoms with Crippen molar-refractivity contribution in [3.8, 4) is 11.5 Å². The third kappa shape index (κ3) is 4.91. The quantitative estimate of drug-likeness (QED) is 0.451. The van der Waals surface area contributed by atoms with Gasteiger partial charge in [0.05, 0.1) is 12.5 Å². The molecule has 3 rings (SSSR count). The van der Waals surface area contributed by atoms with Crippen LogP contribution in [0.1, 0.15) is 64.7 Å². The molecule has 0 N–H and O–H groups in total. The van der Waals surface area contributed by atoms with Crippen LogP contribution in [-0.4, -0.2) is 12.6 Å². The van der Waals surface area contributed by atoms with Crippen molar-refractivity contribution in [2.75, 3.05) is 6.61 Å². The van der Waals surface area contributed by atoms with Crippen molar-refractivity contribution >= 4 is 17.6 Å². The third-order valence-corrected chi connectivity index (χ3v) is 6.12. The maximum absolute atomic E-state index is 14.5. The fourth-order valence-electron chi connectivity index (χ4n) is 3.95. The van der Waals surface area contributed by atoms with Crippen LogP contribution in [0.2, 0.25) is 5.02 Å². The zero-order chi connectivity index (χ0) is 18.5. The summed E-state index contributed by atoms with van der Waals surface area (Å²) in [5.41, 5.74) is 0. The highest BCUT2D eigenvalue weighted by Crippen LogP contribution is 2.36. The number of hydrogen-bond acceptors (Lipinski definition) is 3. The first-order valence-corrected chi connectivity index (χ1v) is 10.2. The predicted molar refractivity (Wildman–Crippen MR) is 100 cm³/mol. The van der Waals surface area contributed by atoms with Gasteiger partial charge < -0.3 is 9.47 Å². The van der Waals surface area contributed by atoms with E-state index < -0.39 is 5.82 Å². The molecule has 1 aromatic carbocycles. The molecule has 0 atom stereocenters. The molecule has 0 saturated heterocycles. The zero-order valence-corrected chi connectivity index (χ0v) is 16.2. The van der Waals surface area contributed by atoms with Crippen molar-refractivity contribution in [1.82, 2.24) is 0 Å². The average molecular weight is 383 g/mol. The molecule has 0 bridgehead atoms. The van der Waals surface area contributed by atoms with E-state index in [0.29, 0.717) is 18.4 Å². The molecule has 2 saturated carbocycles. The first kappa shape index (κ1) is 19.5. The van der Waals surface area contributed by atoms with Gasteiger partial charge in [-0.2, -0.15) is 0 Å². The lowest BCUT2D eigenvalue weighted by molar-refractivity contribution is -0.140. The molecule has 0 amide bonds. The van der Waals surface area contributed by atoms with E-state index in [1.165, 1.54) is 31.4 Å². The van der Waals surface area contributed by atoms with Crippen LogP contribution in [-0.2, 0) is 4.79 Å². The summed E-state index contributed by atoms with van der Waals surface area (Å²) >= 11 is 6.09. The Labute approximate surface area is 160 Å². The minimum Gasteiger partial charge on any atom is -0.490 e. The number of esters is 1. The van der Waals surface area contributed by atoms with Crippen molar-refractivity contribution < 1.29 is 18.7 Å². The van der Waals surface area contributed by atoms with Crippen LogP contribution in [0.4, 0.5) is 4.39 Å². The molecule has 2 aliphatic carbocycles. The first-order valence-electron chi connectivity index (χ1n) is 9.87. The van der Waals surface area contributed by atoms with E-state index in [1.54, 1.807) is 0 Å². The van der Waals surface area contributed by atoms with Gasteiger partial charge in [-0.3, -0.25) is 4.79 Å². The Kier molecular flexibility index (Phi) is 6.80. The molecule has 2 aliphatic rings.